The fourth-order valence-corrected chi connectivity index (χ4v) is 4.70. The van der Waals surface area contributed by atoms with E-state index in [0.717, 1.165) is 24.8 Å². The van der Waals surface area contributed by atoms with Crippen LogP contribution < -0.4 is 0 Å². The third-order valence-electron chi connectivity index (χ3n) is 5.08. The molecule has 1 aliphatic carbocycles. The minimum absolute atomic E-state index is 0.140. The first kappa shape index (κ1) is 18.9. The van der Waals surface area contributed by atoms with Crippen LogP contribution >= 0.6 is 11.3 Å². The molecule has 3 rings (SSSR count). The zero-order chi connectivity index (χ0) is 18.5. The van der Waals surface area contributed by atoms with E-state index in [0.29, 0.717) is 38.1 Å². The Hall–Kier alpha value is -1.89. The highest BCUT2D eigenvalue weighted by atomic mass is 32.1. The van der Waals surface area contributed by atoms with Gasteiger partial charge in [-0.25, -0.2) is 4.79 Å². The van der Waals surface area contributed by atoms with E-state index in [4.69, 9.17) is 9.47 Å². The van der Waals surface area contributed by atoms with Crippen molar-refractivity contribution in [1.82, 2.24) is 4.90 Å². The number of rotatable bonds is 5. The van der Waals surface area contributed by atoms with Crippen molar-refractivity contribution in [2.24, 2.45) is 5.92 Å². The van der Waals surface area contributed by atoms with Crippen LogP contribution in [0.4, 0.5) is 0 Å². The molecule has 26 heavy (non-hydrogen) atoms. The quantitative estimate of drug-likeness (QED) is 0.735. The third-order valence-corrected chi connectivity index (χ3v) is 6.16. The molecule has 0 bridgehead atoms. The van der Waals surface area contributed by atoms with Crippen molar-refractivity contribution in [2.45, 2.75) is 45.4 Å². The highest BCUT2D eigenvalue weighted by molar-refractivity contribution is 7.10. The van der Waals surface area contributed by atoms with Crippen LogP contribution in [0.2, 0.25) is 0 Å². The van der Waals surface area contributed by atoms with E-state index >= 15 is 0 Å². The molecule has 7 heteroatoms. The van der Waals surface area contributed by atoms with Gasteiger partial charge < -0.3 is 14.4 Å². The lowest BCUT2D eigenvalue weighted by atomic mass is 9.96. The molecule has 0 aromatic carbocycles. The second-order valence-corrected chi connectivity index (χ2v) is 7.71. The van der Waals surface area contributed by atoms with Crippen molar-refractivity contribution in [3.8, 4) is 0 Å². The van der Waals surface area contributed by atoms with Crippen molar-refractivity contribution >= 4 is 29.2 Å². The van der Waals surface area contributed by atoms with Crippen molar-refractivity contribution < 1.29 is 23.9 Å². The van der Waals surface area contributed by atoms with Gasteiger partial charge in [-0.1, -0.05) is 0 Å². The molecule has 2 heterocycles. The second-order valence-electron chi connectivity index (χ2n) is 6.74. The summed E-state index contributed by atoms with van der Waals surface area (Å²) in [6, 6.07) is 0. The van der Waals surface area contributed by atoms with Crippen molar-refractivity contribution in [3.05, 3.63) is 21.4 Å². The van der Waals surface area contributed by atoms with Gasteiger partial charge in [0, 0.05) is 23.3 Å². The number of hydrogen-bond donors (Lipinski definition) is 0. The smallest absolute Gasteiger partial charge is 0.339 e. The fourth-order valence-electron chi connectivity index (χ4n) is 3.59. The van der Waals surface area contributed by atoms with E-state index < -0.39 is 5.97 Å². The van der Waals surface area contributed by atoms with Gasteiger partial charge in [0.25, 0.3) is 5.91 Å². The molecular weight excluding hydrogens is 354 g/mol. The average Bonchev–Trinajstić information content (AvgIpc) is 3.10. The minimum atomic E-state index is -0.404. The van der Waals surface area contributed by atoms with Gasteiger partial charge in [-0.05, 0) is 51.0 Å². The summed E-state index contributed by atoms with van der Waals surface area (Å²) < 4.78 is 10.3. The number of hydrogen-bond acceptors (Lipinski definition) is 6. The number of carbonyl (C=O) groups excluding carboxylic acids is 3. The Morgan fingerprint density at radius 2 is 1.88 bits per heavy atom. The van der Waals surface area contributed by atoms with Gasteiger partial charge in [0.05, 0.1) is 18.1 Å². The molecule has 1 amide bonds. The Balaban J connectivity index is 1.46. The normalized spacial score (nSPS) is 17.5. The maximum absolute atomic E-state index is 12.3. The van der Waals surface area contributed by atoms with Crippen LogP contribution in [0.5, 0.6) is 0 Å². The third kappa shape index (κ3) is 4.26. The highest BCUT2D eigenvalue weighted by Gasteiger charge is 2.29. The van der Waals surface area contributed by atoms with E-state index in [1.807, 2.05) is 5.38 Å². The van der Waals surface area contributed by atoms with Gasteiger partial charge in [0.15, 0.2) is 6.61 Å². The van der Waals surface area contributed by atoms with Crippen LogP contribution in [0.15, 0.2) is 5.38 Å². The number of thiophene rings is 1. The zero-order valence-corrected chi connectivity index (χ0v) is 15.9. The van der Waals surface area contributed by atoms with Crippen LogP contribution in [0.1, 0.15) is 53.4 Å². The van der Waals surface area contributed by atoms with E-state index in [9.17, 15) is 14.4 Å². The summed E-state index contributed by atoms with van der Waals surface area (Å²) >= 11 is 1.61. The van der Waals surface area contributed by atoms with Gasteiger partial charge in [0.1, 0.15) is 0 Å². The predicted octanol–water partition coefficient (Wildman–Crippen LogP) is 2.59. The monoisotopic (exact) mass is 379 g/mol. The van der Waals surface area contributed by atoms with E-state index in [1.165, 1.54) is 11.3 Å². The molecule has 142 valence electrons. The summed E-state index contributed by atoms with van der Waals surface area (Å²) in [6.07, 6.45) is 5.40. The first-order valence-electron chi connectivity index (χ1n) is 9.31. The Morgan fingerprint density at radius 1 is 1.15 bits per heavy atom. The van der Waals surface area contributed by atoms with Crippen molar-refractivity contribution in [3.63, 3.8) is 0 Å². The summed E-state index contributed by atoms with van der Waals surface area (Å²) in [5, 5.41) is 1.85. The Kier molecular flexibility index (Phi) is 6.29. The molecule has 0 radical (unpaired) electrons. The van der Waals surface area contributed by atoms with Crippen molar-refractivity contribution in [2.75, 3.05) is 26.3 Å². The highest BCUT2D eigenvalue weighted by Crippen LogP contribution is 2.30. The number of piperidine rings is 1. The Morgan fingerprint density at radius 3 is 2.62 bits per heavy atom. The summed E-state index contributed by atoms with van der Waals surface area (Å²) in [6.45, 7) is 2.91. The van der Waals surface area contributed by atoms with Crippen LogP contribution in [-0.4, -0.2) is 49.0 Å². The van der Waals surface area contributed by atoms with Gasteiger partial charge >= 0.3 is 11.9 Å². The lowest BCUT2D eigenvalue weighted by Gasteiger charge is -2.30. The zero-order valence-electron chi connectivity index (χ0n) is 15.1. The maximum Gasteiger partial charge on any atom is 0.339 e. The molecule has 0 unspecified atom stereocenters. The number of fused-ring (bicyclic) bond motifs is 1. The van der Waals surface area contributed by atoms with E-state index in [1.54, 1.807) is 23.2 Å². The van der Waals surface area contributed by atoms with Gasteiger partial charge in [0.2, 0.25) is 0 Å². The molecule has 1 aliphatic heterocycles. The van der Waals surface area contributed by atoms with Gasteiger partial charge in [-0.3, -0.25) is 9.59 Å². The first-order valence-corrected chi connectivity index (χ1v) is 10.2. The predicted molar refractivity (Wildman–Crippen MR) is 97.2 cm³/mol. The molecule has 1 aromatic heterocycles. The average molecular weight is 379 g/mol. The molecule has 2 aliphatic rings. The fraction of sp³-hybridized carbons (Fsp3) is 0.632. The summed E-state index contributed by atoms with van der Waals surface area (Å²) in [7, 11) is 0. The number of nitrogens with zero attached hydrogens (tertiary/aromatic N) is 1. The number of likely N-dealkylation sites (tertiary alicyclic amines) is 1. The van der Waals surface area contributed by atoms with E-state index in [-0.39, 0.29) is 24.4 Å². The molecule has 6 nitrogen and oxygen atoms in total. The van der Waals surface area contributed by atoms with Crippen LogP contribution in [0.3, 0.4) is 0 Å². The molecule has 1 aromatic rings. The largest absolute Gasteiger partial charge is 0.466 e. The van der Waals surface area contributed by atoms with Crippen LogP contribution in [0.25, 0.3) is 0 Å². The Bertz CT molecular complexity index is 675. The lowest BCUT2D eigenvalue weighted by molar-refractivity contribution is -0.151. The Labute approximate surface area is 157 Å². The maximum atomic E-state index is 12.3. The molecule has 0 saturated carbocycles. The minimum Gasteiger partial charge on any atom is -0.466 e. The molecular formula is C19H25NO5S. The summed E-state index contributed by atoms with van der Waals surface area (Å²) in [5.41, 5.74) is 1.73. The molecule has 0 N–H and O–H groups in total. The number of carbonyl (C=O) groups is 3. The van der Waals surface area contributed by atoms with Gasteiger partial charge in [-0.15, -0.1) is 11.3 Å². The van der Waals surface area contributed by atoms with Crippen LogP contribution in [0, 0.1) is 5.92 Å². The second kappa shape index (κ2) is 8.66. The molecule has 0 spiro atoms. The lowest BCUT2D eigenvalue weighted by Crippen LogP contribution is -2.42. The number of esters is 2. The summed E-state index contributed by atoms with van der Waals surface area (Å²) in [5.74, 6) is -0.934. The molecule has 1 saturated heterocycles. The van der Waals surface area contributed by atoms with Crippen LogP contribution in [-0.2, 0) is 31.9 Å². The first-order chi connectivity index (χ1) is 12.6. The molecule has 1 fully saturated rings. The van der Waals surface area contributed by atoms with E-state index in [2.05, 4.69) is 0 Å². The summed E-state index contributed by atoms with van der Waals surface area (Å²) in [4.78, 5) is 39.3. The van der Waals surface area contributed by atoms with Gasteiger partial charge in [-0.2, -0.15) is 0 Å². The standard InChI is InChI=1S/C19H25NO5S/c1-2-24-18(22)13-7-9-20(10-8-13)17(21)11-25-19(23)15-12-26-16-6-4-3-5-14(15)16/h12-13H,2-11H2,1H3. The number of ether oxygens (including phenoxy) is 2. The molecule has 0 atom stereocenters. The SMILES string of the molecule is CCOC(=O)C1CCN(C(=O)COC(=O)c2csc3c2CCCC3)CC1. The number of amides is 1. The number of aryl methyl sites for hydroxylation is 1. The topological polar surface area (TPSA) is 72.9 Å². The van der Waals surface area contributed by atoms with Crippen molar-refractivity contribution in [1.29, 1.82) is 0 Å².